The minimum Gasteiger partial charge on any atom is -0.350 e. The number of aryl methyl sites for hydroxylation is 1. The van der Waals surface area contributed by atoms with Gasteiger partial charge >= 0.3 is 0 Å². The van der Waals surface area contributed by atoms with Gasteiger partial charge in [-0.3, -0.25) is 14.5 Å². The van der Waals surface area contributed by atoms with Crippen molar-refractivity contribution in [1.82, 2.24) is 15.1 Å². The van der Waals surface area contributed by atoms with Crippen molar-refractivity contribution in [1.29, 1.82) is 0 Å². The van der Waals surface area contributed by atoms with E-state index in [0.717, 1.165) is 56.8 Å². The van der Waals surface area contributed by atoms with Gasteiger partial charge in [0.2, 0.25) is 5.91 Å². The van der Waals surface area contributed by atoms with Gasteiger partial charge in [-0.2, -0.15) is 0 Å². The molecule has 0 unspecified atom stereocenters. The summed E-state index contributed by atoms with van der Waals surface area (Å²) in [5, 5.41) is 2.95. The number of hydrogen-bond donors (Lipinski definition) is 1. The highest BCUT2D eigenvalue weighted by molar-refractivity contribution is 5.94. The minimum absolute atomic E-state index is 0.110. The second-order valence-electron chi connectivity index (χ2n) is 9.36. The van der Waals surface area contributed by atoms with Crippen LogP contribution in [0.1, 0.15) is 67.3 Å². The van der Waals surface area contributed by atoms with Gasteiger partial charge in [-0.15, -0.1) is 0 Å². The predicted octanol–water partition coefficient (Wildman–Crippen LogP) is 3.51. The van der Waals surface area contributed by atoms with E-state index >= 15 is 0 Å². The van der Waals surface area contributed by atoms with Crippen molar-refractivity contribution in [3.05, 3.63) is 35.1 Å². The second-order valence-corrected chi connectivity index (χ2v) is 9.36. The zero-order chi connectivity index (χ0) is 21.1. The molecule has 164 valence electrons. The Kier molecular flexibility index (Phi) is 6.71. The molecule has 2 heterocycles. The van der Waals surface area contributed by atoms with Crippen LogP contribution < -0.4 is 5.32 Å². The first-order chi connectivity index (χ1) is 14.5. The Bertz CT molecular complexity index is 774. The molecule has 30 heavy (non-hydrogen) atoms. The summed E-state index contributed by atoms with van der Waals surface area (Å²) in [6.45, 7) is 5.17. The topological polar surface area (TPSA) is 52.7 Å². The minimum atomic E-state index is -0.482. The van der Waals surface area contributed by atoms with Gasteiger partial charge in [0.1, 0.15) is 5.82 Å². The van der Waals surface area contributed by atoms with Gasteiger partial charge in [0.25, 0.3) is 5.91 Å². The van der Waals surface area contributed by atoms with E-state index in [-0.39, 0.29) is 29.5 Å². The SMILES string of the molecule is Cc1ccc(F)c(C(=O)NC[C@@H]2CC[C@H](CC(=O)N3CCCCC3)N2CC2CC2)c1. The van der Waals surface area contributed by atoms with Crippen molar-refractivity contribution in [3.63, 3.8) is 0 Å². The van der Waals surface area contributed by atoms with Crippen LogP contribution in [0.3, 0.4) is 0 Å². The summed E-state index contributed by atoms with van der Waals surface area (Å²) in [7, 11) is 0. The van der Waals surface area contributed by atoms with Crippen LogP contribution in [0, 0.1) is 18.7 Å². The highest BCUT2D eigenvalue weighted by atomic mass is 19.1. The molecule has 1 saturated carbocycles. The first kappa shape index (κ1) is 21.3. The largest absolute Gasteiger partial charge is 0.350 e. The summed E-state index contributed by atoms with van der Waals surface area (Å²) in [5.41, 5.74) is 0.979. The zero-order valence-corrected chi connectivity index (χ0v) is 18.0. The lowest BCUT2D eigenvalue weighted by Crippen LogP contribution is -2.46. The Morgan fingerprint density at radius 2 is 1.80 bits per heavy atom. The lowest BCUT2D eigenvalue weighted by atomic mass is 10.1. The smallest absolute Gasteiger partial charge is 0.254 e. The third-order valence-electron chi connectivity index (χ3n) is 6.92. The van der Waals surface area contributed by atoms with Crippen LogP contribution in [0.25, 0.3) is 0 Å². The first-order valence-corrected chi connectivity index (χ1v) is 11.6. The molecule has 0 aromatic heterocycles. The van der Waals surface area contributed by atoms with E-state index < -0.39 is 5.82 Å². The summed E-state index contributed by atoms with van der Waals surface area (Å²) in [6.07, 6.45) is 8.54. The molecule has 1 N–H and O–H groups in total. The van der Waals surface area contributed by atoms with Crippen molar-refractivity contribution in [2.24, 2.45) is 5.92 Å². The highest BCUT2D eigenvalue weighted by Crippen LogP contribution is 2.35. The Morgan fingerprint density at radius 3 is 2.53 bits per heavy atom. The predicted molar refractivity (Wildman–Crippen MR) is 115 cm³/mol. The molecule has 6 heteroatoms. The van der Waals surface area contributed by atoms with Gasteiger partial charge in [0.15, 0.2) is 0 Å². The number of piperidine rings is 1. The van der Waals surface area contributed by atoms with E-state index in [0.29, 0.717) is 13.0 Å². The molecule has 2 atom stereocenters. The number of amides is 2. The molecule has 1 aromatic carbocycles. The molecule has 2 saturated heterocycles. The molecule has 0 spiro atoms. The summed E-state index contributed by atoms with van der Waals surface area (Å²) in [6, 6.07) is 5.10. The monoisotopic (exact) mass is 415 g/mol. The van der Waals surface area contributed by atoms with Crippen LogP contribution in [0.4, 0.5) is 4.39 Å². The lowest BCUT2D eigenvalue weighted by molar-refractivity contribution is -0.133. The van der Waals surface area contributed by atoms with Crippen LogP contribution in [0.5, 0.6) is 0 Å². The molecular formula is C24H34FN3O2. The number of rotatable bonds is 7. The number of benzene rings is 1. The molecule has 4 rings (SSSR count). The van der Waals surface area contributed by atoms with Crippen molar-refractivity contribution < 1.29 is 14.0 Å². The molecule has 3 aliphatic rings. The highest BCUT2D eigenvalue weighted by Gasteiger charge is 2.38. The van der Waals surface area contributed by atoms with Crippen molar-refractivity contribution in [3.8, 4) is 0 Å². The quantitative estimate of drug-likeness (QED) is 0.742. The molecule has 5 nitrogen and oxygen atoms in total. The van der Waals surface area contributed by atoms with E-state index in [1.165, 1.54) is 25.3 Å². The Labute approximate surface area is 179 Å². The first-order valence-electron chi connectivity index (χ1n) is 11.6. The summed E-state index contributed by atoms with van der Waals surface area (Å²) in [5.74, 6) is 0.176. The molecule has 2 amide bonds. The normalized spacial score (nSPS) is 24.8. The van der Waals surface area contributed by atoms with E-state index in [1.807, 2.05) is 11.8 Å². The second kappa shape index (κ2) is 9.46. The fourth-order valence-electron chi connectivity index (χ4n) is 4.94. The summed E-state index contributed by atoms with van der Waals surface area (Å²) < 4.78 is 14.0. The summed E-state index contributed by atoms with van der Waals surface area (Å²) >= 11 is 0. The molecule has 3 fully saturated rings. The van der Waals surface area contributed by atoms with Crippen molar-refractivity contribution >= 4 is 11.8 Å². The van der Waals surface area contributed by atoms with Crippen LogP contribution in [-0.2, 0) is 4.79 Å². The maximum atomic E-state index is 14.0. The number of carbonyl (C=O) groups excluding carboxylic acids is 2. The molecule has 1 aromatic rings. The Balaban J connectivity index is 1.35. The van der Waals surface area contributed by atoms with Crippen molar-refractivity contribution in [2.45, 2.75) is 70.4 Å². The molecule has 0 radical (unpaired) electrons. The fourth-order valence-corrected chi connectivity index (χ4v) is 4.94. The zero-order valence-electron chi connectivity index (χ0n) is 18.0. The van der Waals surface area contributed by atoms with Crippen LogP contribution in [0.15, 0.2) is 18.2 Å². The Morgan fingerprint density at radius 1 is 1.07 bits per heavy atom. The molecular weight excluding hydrogens is 381 g/mol. The maximum absolute atomic E-state index is 14.0. The van der Waals surface area contributed by atoms with Gasteiger partial charge in [0, 0.05) is 44.7 Å². The number of carbonyl (C=O) groups is 2. The fraction of sp³-hybridized carbons (Fsp3) is 0.667. The third kappa shape index (κ3) is 5.20. The van der Waals surface area contributed by atoms with E-state index in [1.54, 1.807) is 12.1 Å². The van der Waals surface area contributed by atoms with Crippen molar-refractivity contribution in [2.75, 3.05) is 26.2 Å². The number of halogens is 1. The maximum Gasteiger partial charge on any atom is 0.254 e. The Hall–Kier alpha value is -1.95. The number of nitrogens with zero attached hydrogens (tertiary/aromatic N) is 2. The van der Waals surface area contributed by atoms with E-state index in [4.69, 9.17) is 0 Å². The molecule has 2 aliphatic heterocycles. The van der Waals surface area contributed by atoms with E-state index in [2.05, 4.69) is 10.2 Å². The number of hydrogen-bond acceptors (Lipinski definition) is 3. The van der Waals surface area contributed by atoms with Gasteiger partial charge in [-0.1, -0.05) is 11.6 Å². The summed E-state index contributed by atoms with van der Waals surface area (Å²) in [4.78, 5) is 29.9. The van der Waals surface area contributed by atoms with E-state index in [9.17, 15) is 14.0 Å². The molecule has 1 aliphatic carbocycles. The van der Waals surface area contributed by atoms with Gasteiger partial charge in [-0.25, -0.2) is 4.39 Å². The molecule has 0 bridgehead atoms. The standard InChI is InChI=1S/C24H34FN3O2/c1-17-5-10-22(25)21(13-17)24(30)26-15-20-9-8-19(28(20)16-18-6-7-18)14-23(29)27-11-3-2-4-12-27/h5,10,13,18-20H,2-4,6-9,11-12,14-16H2,1H3,(H,26,30)/t19-,20+/m1/s1. The van der Waals surface area contributed by atoms with Crippen LogP contribution in [0.2, 0.25) is 0 Å². The van der Waals surface area contributed by atoms with Crippen LogP contribution in [-0.4, -0.2) is 59.9 Å². The number of likely N-dealkylation sites (tertiary alicyclic amines) is 2. The lowest BCUT2D eigenvalue weighted by Gasteiger charge is -2.33. The van der Waals surface area contributed by atoms with Gasteiger partial charge in [-0.05, 0) is 69.9 Å². The van der Waals surface area contributed by atoms with Crippen LogP contribution >= 0.6 is 0 Å². The number of nitrogens with one attached hydrogen (secondary N) is 1. The van der Waals surface area contributed by atoms with Gasteiger partial charge in [0.05, 0.1) is 5.56 Å². The average molecular weight is 416 g/mol. The third-order valence-corrected chi connectivity index (χ3v) is 6.92. The average Bonchev–Trinajstić information content (AvgIpc) is 3.50. The van der Waals surface area contributed by atoms with Gasteiger partial charge < -0.3 is 10.2 Å².